The van der Waals surface area contributed by atoms with Gasteiger partial charge in [-0.05, 0) is 51.3 Å². The second-order valence-corrected chi connectivity index (χ2v) is 9.37. The van der Waals surface area contributed by atoms with Gasteiger partial charge in [-0.2, -0.15) is 0 Å². The van der Waals surface area contributed by atoms with Crippen molar-refractivity contribution in [3.05, 3.63) is 33.8 Å². The standard InChI is InChI=1S/C19H26Cl2N2O3S/c1-19(2,3)26-18(25)23-8-6-15(7-9-23)22-17(24)12-27-11-13-4-5-14(20)10-16(13)21/h4-5,10,15H,6-9,11-12H2,1-3H3,(H,22,24). The fraction of sp³-hybridized carbons (Fsp3) is 0.579. The molecule has 0 atom stereocenters. The number of likely N-dealkylation sites (tertiary alicyclic amines) is 1. The first kappa shape index (κ1) is 22.2. The molecule has 0 saturated carbocycles. The molecule has 27 heavy (non-hydrogen) atoms. The van der Waals surface area contributed by atoms with Gasteiger partial charge in [0.05, 0.1) is 5.75 Å². The number of hydrogen-bond acceptors (Lipinski definition) is 4. The van der Waals surface area contributed by atoms with E-state index in [9.17, 15) is 9.59 Å². The van der Waals surface area contributed by atoms with Crippen LogP contribution < -0.4 is 5.32 Å². The van der Waals surface area contributed by atoms with E-state index in [2.05, 4.69) is 5.32 Å². The van der Waals surface area contributed by atoms with E-state index in [4.69, 9.17) is 27.9 Å². The zero-order valence-corrected chi connectivity index (χ0v) is 18.2. The minimum Gasteiger partial charge on any atom is -0.444 e. The highest BCUT2D eigenvalue weighted by Crippen LogP contribution is 2.24. The number of carbonyl (C=O) groups excluding carboxylic acids is 2. The van der Waals surface area contributed by atoms with Crippen LogP contribution in [0.4, 0.5) is 4.79 Å². The average molecular weight is 433 g/mol. The first-order valence-corrected chi connectivity index (χ1v) is 10.8. The lowest BCUT2D eigenvalue weighted by atomic mass is 10.1. The zero-order valence-electron chi connectivity index (χ0n) is 15.9. The number of rotatable bonds is 5. The van der Waals surface area contributed by atoms with Gasteiger partial charge in [0.25, 0.3) is 0 Å². The van der Waals surface area contributed by atoms with Crippen LogP contribution in [0.3, 0.4) is 0 Å². The van der Waals surface area contributed by atoms with Gasteiger partial charge in [0.2, 0.25) is 5.91 Å². The van der Waals surface area contributed by atoms with E-state index in [1.165, 1.54) is 11.8 Å². The summed E-state index contributed by atoms with van der Waals surface area (Å²) in [5.41, 5.74) is 0.469. The van der Waals surface area contributed by atoms with Crippen LogP contribution in [-0.2, 0) is 15.3 Å². The van der Waals surface area contributed by atoms with Crippen molar-refractivity contribution in [3.63, 3.8) is 0 Å². The van der Waals surface area contributed by atoms with E-state index < -0.39 is 5.60 Å². The summed E-state index contributed by atoms with van der Waals surface area (Å²) in [5, 5.41) is 4.26. The number of piperidine rings is 1. The molecule has 1 aliphatic rings. The summed E-state index contributed by atoms with van der Waals surface area (Å²) in [7, 11) is 0. The molecule has 1 heterocycles. The van der Waals surface area contributed by atoms with Crippen LogP contribution in [0.15, 0.2) is 18.2 Å². The number of nitrogens with zero attached hydrogens (tertiary/aromatic N) is 1. The summed E-state index contributed by atoms with van der Waals surface area (Å²) in [6, 6.07) is 5.47. The first-order valence-electron chi connectivity index (χ1n) is 8.93. The minimum absolute atomic E-state index is 0.000744. The van der Waals surface area contributed by atoms with Crippen LogP contribution in [0.5, 0.6) is 0 Å². The third-order valence-corrected chi connectivity index (χ3v) is 5.59. The van der Waals surface area contributed by atoms with Gasteiger partial charge in [0.1, 0.15) is 5.60 Å². The minimum atomic E-state index is -0.494. The predicted octanol–water partition coefficient (Wildman–Crippen LogP) is 4.74. The van der Waals surface area contributed by atoms with Gasteiger partial charge in [-0.15, -0.1) is 11.8 Å². The Hall–Kier alpha value is -1.11. The molecule has 0 radical (unpaired) electrons. The van der Waals surface area contributed by atoms with Crippen LogP contribution in [-0.4, -0.2) is 47.4 Å². The van der Waals surface area contributed by atoms with Crippen LogP contribution in [0.1, 0.15) is 39.2 Å². The van der Waals surface area contributed by atoms with Gasteiger partial charge in [-0.1, -0.05) is 29.3 Å². The molecule has 1 aromatic rings. The summed E-state index contributed by atoms with van der Waals surface area (Å²) >= 11 is 13.5. The fourth-order valence-corrected chi connectivity index (χ4v) is 4.09. The molecule has 1 fully saturated rings. The second-order valence-electron chi connectivity index (χ2n) is 7.54. The van der Waals surface area contributed by atoms with Crippen molar-refractivity contribution >= 4 is 47.0 Å². The van der Waals surface area contributed by atoms with Crippen molar-refractivity contribution in [2.45, 2.75) is 51.0 Å². The molecule has 0 unspecified atom stereocenters. The van der Waals surface area contributed by atoms with Gasteiger partial charge in [0, 0.05) is 34.9 Å². The molecular weight excluding hydrogens is 407 g/mol. The number of carbonyl (C=O) groups is 2. The Kier molecular flexibility index (Phi) is 8.13. The molecule has 1 N–H and O–H groups in total. The molecule has 2 rings (SSSR count). The maximum Gasteiger partial charge on any atom is 0.410 e. The highest BCUT2D eigenvalue weighted by molar-refractivity contribution is 7.99. The lowest BCUT2D eigenvalue weighted by Gasteiger charge is -2.33. The molecule has 1 saturated heterocycles. The van der Waals surface area contributed by atoms with Crippen molar-refractivity contribution in [2.75, 3.05) is 18.8 Å². The Labute approximate surface area is 175 Å². The molecule has 8 heteroatoms. The smallest absolute Gasteiger partial charge is 0.410 e. The molecule has 0 aliphatic carbocycles. The number of ether oxygens (including phenoxy) is 1. The normalized spacial score (nSPS) is 15.5. The van der Waals surface area contributed by atoms with Crippen molar-refractivity contribution < 1.29 is 14.3 Å². The van der Waals surface area contributed by atoms with Crippen LogP contribution in [0.25, 0.3) is 0 Å². The van der Waals surface area contributed by atoms with Crippen molar-refractivity contribution in [2.24, 2.45) is 0 Å². The maximum absolute atomic E-state index is 12.2. The molecule has 1 aromatic carbocycles. The first-order chi connectivity index (χ1) is 12.6. The fourth-order valence-electron chi connectivity index (χ4n) is 2.69. The number of benzene rings is 1. The molecule has 150 valence electrons. The number of halogens is 2. The number of nitrogens with one attached hydrogen (secondary N) is 1. The number of thioether (sulfide) groups is 1. The lowest BCUT2D eigenvalue weighted by Crippen LogP contribution is -2.48. The highest BCUT2D eigenvalue weighted by atomic mass is 35.5. The molecule has 5 nitrogen and oxygen atoms in total. The summed E-state index contributed by atoms with van der Waals surface area (Å²) < 4.78 is 5.38. The van der Waals surface area contributed by atoms with E-state index in [1.54, 1.807) is 17.0 Å². The second kappa shape index (κ2) is 9.89. The van der Waals surface area contributed by atoms with Crippen molar-refractivity contribution in [1.82, 2.24) is 10.2 Å². The largest absolute Gasteiger partial charge is 0.444 e. The number of hydrogen-bond donors (Lipinski definition) is 1. The Balaban J connectivity index is 1.68. The third kappa shape index (κ3) is 7.80. The highest BCUT2D eigenvalue weighted by Gasteiger charge is 2.27. The summed E-state index contributed by atoms with van der Waals surface area (Å²) in [6.45, 7) is 6.74. The topological polar surface area (TPSA) is 58.6 Å². The van der Waals surface area contributed by atoms with E-state index in [1.807, 2.05) is 26.8 Å². The zero-order chi connectivity index (χ0) is 20.0. The lowest BCUT2D eigenvalue weighted by molar-refractivity contribution is -0.119. The van der Waals surface area contributed by atoms with E-state index in [0.29, 0.717) is 34.6 Å². The Morgan fingerprint density at radius 3 is 2.52 bits per heavy atom. The summed E-state index contributed by atoms with van der Waals surface area (Å²) in [6.07, 6.45) is 1.18. The summed E-state index contributed by atoms with van der Waals surface area (Å²) in [5.74, 6) is 1.02. The van der Waals surface area contributed by atoms with Crippen LogP contribution >= 0.6 is 35.0 Å². The van der Waals surface area contributed by atoms with Crippen molar-refractivity contribution in [3.8, 4) is 0 Å². The van der Waals surface area contributed by atoms with Gasteiger partial charge in [-0.25, -0.2) is 4.79 Å². The summed E-state index contributed by atoms with van der Waals surface area (Å²) in [4.78, 5) is 25.9. The van der Waals surface area contributed by atoms with Gasteiger partial charge < -0.3 is 15.0 Å². The Bertz CT molecular complexity index is 671. The average Bonchev–Trinajstić information content (AvgIpc) is 2.56. The van der Waals surface area contributed by atoms with Crippen molar-refractivity contribution in [1.29, 1.82) is 0 Å². The molecule has 2 amide bonds. The predicted molar refractivity (Wildman–Crippen MR) is 112 cm³/mol. The van der Waals surface area contributed by atoms with Gasteiger partial charge in [0.15, 0.2) is 0 Å². The van der Waals surface area contributed by atoms with E-state index >= 15 is 0 Å². The molecule has 0 bridgehead atoms. The third-order valence-electron chi connectivity index (χ3n) is 4.02. The Morgan fingerprint density at radius 1 is 1.26 bits per heavy atom. The SMILES string of the molecule is CC(C)(C)OC(=O)N1CCC(NC(=O)CSCc2ccc(Cl)cc2Cl)CC1. The van der Waals surface area contributed by atoms with Gasteiger partial charge in [-0.3, -0.25) is 4.79 Å². The molecule has 0 spiro atoms. The molecule has 1 aliphatic heterocycles. The van der Waals surface area contributed by atoms with E-state index in [-0.39, 0.29) is 18.0 Å². The van der Waals surface area contributed by atoms with Crippen LogP contribution in [0, 0.1) is 0 Å². The number of amides is 2. The van der Waals surface area contributed by atoms with E-state index in [0.717, 1.165) is 18.4 Å². The quantitative estimate of drug-likeness (QED) is 0.729. The maximum atomic E-state index is 12.2. The Morgan fingerprint density at radius 2 is 1.93 bits per heavy atom. The van der Waals surface area contributed by atoms with Crippen LogP contribution in [0.2, 0.25) is 10.0 Å². The van der Waals surface area contributed by atoms with Gasteiger partial charge >= 0.3 is 6.09 Å². The monoisotopic (exact) mass is 432 g/mol. The molecule has 0 aromatic heterocycles. The molecular formula is C19H26Cl2N2O3S.